The molecule has 1 heterocycles. The minimum atomic E-state index is 0.224. The summed E-state index contributed by atoms with van der Waals surface area (Å²) in [6.45, 7) is 2.68. The lowest BCUT2D eigenvalue weighted by atomic mass is 10.4. The number of rotatable bonds is 5. The molecule has 0 aromatic carbocycles. The van der Waals surface area contributed by atoms with Gasteiger partial charge in [-0.25, -0.2) is 4.98 Å². The van der Waals surface area contributed by atoms with Gasteiger partial charge in [0.15, 0.2) is 0 Å². The Labute approximate surface area is 92.6 Å². The summed E-state index contributed by atoms with van der Waals surface area (Å²) in [5.74, 6) is 1.08. The van der Waals surface area contributed by atoms with E-state index in [0.29, 0.717) is 13.0 Å². The van der Waals surface area contributed by atoms with E-state index >= 15 is 0 Å². The van der Waals surface area contributed by atoms with Gasteiger partial charge in [0.25, 0.3) is 0 Å². The smallest absolute Gasteiger partial charge is 0.204 e. The number of hydrogen-bond acceptors (Lipinski definition) is 6. The Balaban J connectivity index is 2.49. The molecule has 0 bridgehead atoms. The largest absolute Gasteiger partial charge is 0.409 e. The van der Waals surface area contributed by atoms with E-state index in [1.54, 1.807) is 0 Å². The number of amidine groups is 1. The first-order valence-corrected chi connectivity index (χ1v) is 5.44. The molecule has 0 aliphatic rings. The van der Waals surface area contributed by atoms with Crippen molar-refractivity contribution in [3.63, 3.8) is 0 Å². The molecular formula is C8H15N5OS. The van der Waals surface area contributed by atoms with Gasteiger partial charge in [-0.1, -0.05) is 12.1 Å². The van der Waals surface area contributed by atoms with Gasteiger partial charge in [-0.2, -0.15) is 4.37 Å². The normalized spacial score (nSPS) is 11.7. The van der Waals surface area contributed by atoms with Gasteiger partial charge < -0.3 is 15.8 Å². The molecule has 0 spiro atoms. The third-order valence-corrected chi connectivity index (χ3v) is 2.80. The van der Waals surface area contributed by atoms with Gasteiger partial charge in [-0.05, 0) is 0 Å². The molecule has 84 valence electrons. The highest BCUT2D eigenvalue weighted by molar-refractivity contribution is 7.09. The zero-order chi connectivity index (χ0) is 11.3. The Morgan fingerprint density at radius 3 is 2.93 bits per heavy atom. The predicted molar refractivity (Wildman–Crippen MR) is 60.6 cm³/mol. The van der Waals surface area contributed by atoms with Crippen LogP contribution in [0.2, 0.25) is 0 Å². The average molecular weight is 229 g/mol. The number of anilines is 1. The summed E-state index contributed by atoms with van der Waals surface area (Å²) < 4.78 is 4.18. The first-order valence-electron chi connectivity index (χ1n) is 4.67. The Morgan fingerprint density at radius 1 is 1.67 bits per heavy atom. The molecule has 7 heteroatoms. The maximum absolute atomic E-state index is 8.38. The lowest BCUT2D eigenvalue weighted by Gasteiger charge is -2.13. The fourth-order valence-corrected chi connectivity index (χ4v) is 1.71. The molecule has 0 aliphatic carbocycles. The van der Waals surface area contributed by atoms with E-state index in [-0.39, 0.29) is 5.84 Å². The average Bonchev–Trinajstić information content (AvgIpc) is 2.73. The number of aromatic nitrogens is 2. The molecule has 0 atom stereocenters. The molecule has 0 radical (unpaired) electrons. The summed E-state index contributed by atoms with van der Waals surface area (Å²) in [5, 5.41) is 12.1. The zero-order valence-electron chi connectivity index (χ0n) is 8.84. The van der Waals surface area contributed by atoms with E-state index < -0.39 is 0 Å². The number of aryl methyl sites for hydroxylation is 1. The summed E-state index contributed by atoms with van der Waals surface area (Å²) in [4.78, 5) is 6.26. The van der Waals surface area contributed by atoms with Crippen LogP contribution in [0, 0.1) is 0 Å². The van der Waals surface area contributed by atoms with Gasteiger partial charge in [0.05, 0.1) is 0 Å². The van der Waals surface area contributed by atoms with Crippen molar-refractivity contribution in [2.45, 2.75) is 19.8 Å². The first-order chi connectivity index (χ1) is 7.17. The minimum Gasteiger partial charge on any atom is -0.409 e. The zero-order valence-corrected chi connectivity index (χ0v) is 9.66. The molecule has 0 saturated heterocycles. The summed E-state index contributed by atoms with van der Waals surface area (Å²) in [6, 6.07) is 0. The van der Waals surface area contributed by atoms with Crippen LogP contribution in [0.1, 0.15) is 19.2 Å². The standard InChI is InChI=1S/C8H15N5OS/c1-3-7-10-8(15-12-7)13(2)5-4-6(9)11-14/h14H,3-5H2,1-2H3,(H2,9,11). The molecule has 1 rings (SSSR count). The maximum atomic E-state index is 8.38. The monoisotopic (exact) mass is 229 g/mol. The molecule has 1 aromatic rings. The lowest BCUT2D eigenvalue weighted by molar-refractivity contribution is 0.317. The topological polar surface area (TPSA) is 87.6 Å². The van der Waals surface area contributed by atoms with Crippen molar-refractivity contribution in [1.29, 1.82) is 0 Å². The van der Waals surface area contributed by atoms with E-state index in [1.807, 2.05) is 18.9 Å². The predicted octanol–water partition coefficient (Wildman–Crippen LogP) is 0.673. The first kappa shape index (κ1) is 11.7. The van der Waals surface area contributed by atoms with Crippen molar-refractivity contribution in [3.8, 4) is 0 Å². The van der Waals surface area contributed by atoms with Crippen molar-refractivity contribution in [1.82, 2.24) is 9.36 Å². The van der Waals surface area contributed by atoms with E-state index in [0.717, 1.165) is 17.4 Å². The lowest BCUT2D eigenvalue weighted by Crippen LogP contribution is -2.24. The third kappa shape index (κ3) is 3.35. The van der Waals surface area contributed by atoms with Crippen molar-refractivity contribution in [2.24, 2.45) is 10.9 Å². The second-order valence-electron chi connectivity index (χ2n) is 3.11. The second kappa shape index (κ2) is 5.50. The van der Waals surface area contributed by atoms with E-state index in [4.69, 9.17) is 10.9 Å². The van der Waals surface area contributed by atoms with E-state index in [1.165, 1.54) is 11.5 Å². The summed E-state index contributed by atoms with van der Waals surface area (Å²) >= 11 is 1.36. The van der Waals surface area contributed by atoms with Crippen LogP contribution in [0.3, 0.4) is 0 Å². The van der Waals surface area contributed by atoms with Crippen LogP contribution < -0.4 is 10.6 Å². The highest BCUT2D eigenvalue weighted by Crippen LogP contribution is 2.15. The van der Waals surface area contributed by atoms with Crippen molar-refractivity contribution in [2.75, 3.05) is 18.5 Å². The number of nitrogens with two attached hydrogens (primary N) is 1. The Bertz CT molecular complexity index is 338. The van der Waals surface area contributed by atoms with Crippen LogP contribution in [0.4, 0.5) is 5.13 Å². The second-order valence-corrected chi connectivity index (χ2v) is 3.84. The van der Waals surface area contributed by atoms with E-state index in [2.05, 4.69) is 14.5 Å². The van der Waals surface area contributed by atoms with Crippen LogP contribution in [0.5, 0.6) is 0 Å². The summed E-state index contributed by atoms with van der Waals surface area (Å²) in [5.41, 5.74) is 5.37. The highest BCUT2D eigenvalue weighted by atomic mass is 32.1. The van der Waals surface area contributed by atoms with Crippen LogP contribution in [0.25, 0.3) is 0 Å². The number of nitrogens with zero attached hydrogens (tertiary/aromatic N) is 4. The van der Waals surface area contributed by atoms with Crippen LogP contribution in [-0.2, 0) is 6.42 Å². The molecule has 15 heavy (non-hydrogen) atoms. The molecule has 0 aliphatic heterocycles. The Morgan fingerprint density at radius 2 is 2.40 bits per heavy atom. The maximum Gasteiger partial charge on any atom is 0.204 e. The van der Waals surface area contributed by atoms with Gasteiger partial charge in [-0.15, -0.1) is 0 Å². The molecule has 0 amide bonds. The molecule has 0 unspecified atom stereocenters. The van der Waals surface area contributed by atoms with Crippen LogP contribution >= 0.6 is 11.5 Å². The van der Waals surface area contributed by atoms with Gasteiger partial charge in [0.1, 0.15) is 11.7 Å². The van der Waals surface area contributed by atoms with Gasteiger partial charge in [0.2, 0.25) is 5.13 Å². The van der Waals surface area contributed by atoms with Crippen molar-refractivity contribution >= 4 is 22.5 Å². The van der Waals surface area contributed by atoms with Crippen LogP contribution in [-0.4, -0.2) is 34.0 Å². The van der Waals surface area contributed by atoms with Crippen LogP contribution in [0.15, 0.2) is 5.16 Å². The molecule has 0 saturated carbocycles. The van der Waals surface area contributed by atoms with Gasteiger partial charge >= 0.3 is 0 Å². The summed E-state index contributed by atoms with van der Waals surface area (Å²) in [6.07, 6.45) is 1.35. The number of oxime groups is 1. The quantitative estimate of drug-likeness (QED) is 0.335. The Hall–Kier alpha value is -1.37. The third-order valence-electron chi connectivity index (χ3n) is 1.93. The van der Waals surface area contributed by atoms with Crippen molar-refractivity contribution < 1.29 is 5.21 Å². The highest BCUT2D eigenvalue weighted by Gasteiger charge is 2.07. The van der Waals surface area contributed by atoms with Gasteiger partial charge in [-0.3, -0.25) is 0 Å². The summed E-state index contributed by atoms with van der Waals surface area (Å²) in [7, 11) is 1.91. The fourth-order valence-electron chi connectivity index (χ4n) is 0.971. The molecule has 6 nitrogen and oxygen atoms in total. The molecular weight excluding hydrogens is 214 g/mol. The van der Waals surface area contributed by atoms with E-state index in [9.17, 15) is 0 Å². The molecule has 0 fully saturated rings. The van der Waals surface area contributed by atoms with Gasteiger partial charge in [0, 0.05) is 38.0 Å². The fraction of sp³-hybridized carbons (Fsp3) is 0.625. The molecule has 1 aromatic heterocycles. The SMILES string of the molecule is CCc1nsc(N(C)CCC(N)=NO)n1. The number of hydrogen-bond donors (Lipinski definition) is 2. The minimum absolute atomic E-state index is 0.224. The molecule has 3 N–H and O–H groups in total. The van der Waals surface area contributed by atoms with Crippen molar-refractivity contribution in [3.05, 3.63) is 5.82 Å². The Kier molecular flexibility index (Phi) is 4.29.